The maximum atomic E-state index is 5.79. The van der Waals surface area contributed by atoms with Crippen molar-refractivity contribution < 1.29 is 4.74 Å². The Kier molecular flexibility index (Phi) is 5.76. The van der Waals surface area contributed by atoms with E-state index in [4.69, 9.17) is 4.74 Å². The molecule has 0 aliphatic heterocycles. The predicted octanol–water partition coefficient (Wildman–Crippen LogP) is 3.71. The van der Waals surface area contributed by atoms with Crippen LogP contribution < -0.4 is 10.1 Å². The van der Waals surface area contributed by atoms with Crippen LogP contribution in [0.5, 0.6) is 5.75 Å². The topological polar surface area (TPSA) is 34.1 Å². The van der Waals surface area contributed by atoms with E-state index in [0.29, 0.717) is 12.5 Å². The fourth-order valence-corrected chi connectivity index (χ4v) is 2.02. The SMILES string of the molecule is Cc1ccccc1COc1ccc(CNCC(C)C)nc1. The molecule has 1 N–H and O–H groups in total. The normalized spacial score (nSPS) is 10.9. The van der Waals surface area contributed by atoms with Gasteiger partial charge in [-0.05, 0) is 42.6 Å². The maximum absolute atomic E-state index is 5.79. The fourth-order valence-electron chi connectivity index (χ4n) is 2.02. The van der Waals surface area contributed by atoms with Crippen LogP contribution in [0.25, 0.3) is 0 Å². The number of nitrogens with one attached hydrogen (secondary N) is 1. The molecule has 1 aromatic carbocycles. The third-order valence-electron chi connectivity index (χ3n) is 3.31. The third-order valence-corrected chi connectivity index (χ3v) is 3.31. The van der Waals surface area contributed by atoms with Crippen molar-refractivity contribution in [2.75, 3.05) is 6.54 Å². The number of hydrogen-bond donors (Lipinski definition) is 1. The Morgan fingerprint density at radius 1 is 1.14 bits per heavy atom. The number of aromatic nitrogens is 1. The average molecular weight is 284 g/mol. The van der Waals surface area contributed by atoms with Gasteiger partial charge in [-0.1, -0.05) is 38.1 Å². The van der Waals surface area contributed by atoms with Crippen LogP contribution in [-0.2, 0) is 13.2 Å². The Hall–Kier alpha value is -1.87. The Bertz CT molecular complexity index is 549. The van der Waals surface area contributed by atoms with E-state index in [9.17, 15) is 0 Å². The minimum absolute atomic E-state index is 0.583. The molecule has 0 saturated carbocycles. The molecule has 21 heavy (non-hydrogen) atoms. The highest BCUT2D eigenvalue weighted by molar-refractivity contribution is 5.26. The Morgan fingerprint density at radius 2 is 1.95 bits per heavy atom. The largest absolute Gasteiger partial charge is 0.487 e. The van der Waals surface area contributed by atoms with Crippen molar-refractivity contribution in [2.45, 2.75) is 33.9 Å². The lowest BCUT2D eigenvalue weighted by molar-refractivity contribution is 0.304. The first kappa shape index (κ1) is 15.5. The summed E-state index contributed by atoms with van der Waals surface area (Å²) < 4.78 is 5.79. The predicted molar refractivity (Wildman–Crippen MR) is 86.3 cm³/mol. The van der Waals surface area contributed by atoms with Crippen LogP contribution in [-0.4, -0.2) is 11.5 Å². The summed E-state index contributed by atoms with van der Waals surface area (Å²) in [5, 5.41) is 3.38. The number of benzene rings is 1. The highest BCUT2D eigenvalue weighted by Crippen LogP contribution is 2.14. The second-order valence-corrected chi connectivity index (χ2v) is 5.73. The molecule has 0 fully saturated rings. The van der Waals surface area contributed by atoms with Gasteiger partial charge in [0.15, 0.2) is 0 Å². The molecular formula is C18H24N2O. The van der Waals surface area contributed by atoms with Gasteiger partial charge in [0, 0.05) is 6.54 Å². The molecule has 1 heterocycles. The molecular weight excluding hydrogens is 260 g/mol. The van der Waals surface area contributed by atoms with Crippen molar-refractivity contribution in [3.63, 3.8) is 0 Å². The molecule has 0 bridgehead atoms. The quantitative estimate of drug-likeness (QED) is 0.841. The summed E-state index contributed by atoms with van der Waals surface area (Å²) in [6.07, 6.45) is 1.80. The van der Waals surface area contributed by atoms with Crippen LogP contribution in [0.4, 0.5) is 0 Å². The number of aryl methyl sites for hydroxylation is 1. The molecule has 3 nitrogen and oxygen atoms in total. The number of ether oxygens (including phenoxy) is 1. The van der Waals surface area contributed by atoms with Crippen molar-refractivity contribution in [3.8, 4) is 5.75 Å². The lowest BCUT2D eigenvalue weighted by Gasteiger charge is -2.10. The first-order valence-corrected chi connectivity index (χ1v) is 7.48. The zero-order valence-electron chi connectivity index (χ0n) is 13.1. The molecule has 2 rings (SSSR count). The van der Waals surface area contributed by atoms with E-state index in [1.54, 1.807) is 6.20 Å². The average Bonchev–Trinajstić information content (AvgIpc) is 2.47. The van der Waals surface area contributed by atoms with Crippen LogP contribution in [0.2, 0.25) is 0 Å². The summed E-state index contributed by atoms with van der Waals surface area (Å²) in [6, 6.07) is 12.3. The maximum Gasteiger partial charge on any atom is 0.138 e. The van der Waals surface area contributed by atoms with E-state index in [-0.39, 0.29) is 0 Å². The van der Waals surface area contributed by atoms with E-state index >= 15 is 0 Å². The molecule has 112 valence electrons. The van der Waals surface area contributed by atoms with E-state index in [1.165, 1.54) is 11.1 Å². The van der Waals surface area contributed by atoms with Gasteiger partial charge in [-0.3, -0.25) is 4.98 Å². The summed E-state index contributed by atoms with van der Waals surface area (Å²) in [5.41, 5.74) is 3.50. The first-order chi connectivity index (χ1) is 10.1. The van der Waals surface area contributed by atoms with Gasteiger partial charge in [-0.15, -0.1) is 0 Å². The van der Waals surface area contributed by atoms with Gasteiger partial charge in [0.2, 0.25) is 0 Å². The van der Waals surface area contributed by atoms with Gasteiger partial charge in [0.25, 0.3) is 0 Å². The molecule has 0 saturated heterocycles. The van der Waals surface area contributed by atoms with Crippen LogP contribution in [0.15, 0.2) is 42.6 Å². The zero-order chi connectivity index (χ0) is 15.1. The highest BCUT2D eigenvalue weighted by atomic mass is 16.5. The molecule has 0 amide bonds. The van der Waals surface area contributed by atoms with E-state index in [1.807, 2.05) is 24.3 Å². The lowest BCUT2D eigenvalue weighted by Crippen LogP contribution is -2.19. The second kappa shape index (κ2) is 7.79. The van der Waals surface area contributed by atoms with Crippen LogP contribution >= 0.6 is 0 Å². The monoisotopic (exact) mass is 284 g/mol. The van der Waals surface area contributed by atoms with Crippen molar-refractivity contribution in [1.82, 2.24) is 10.3 Å². The molecule has 2 aromatic rings. The summed E-state index contributed by atoms with van der Waals surface area (Å²) in [5.74, 6) is 1.47. The van der Waals surface area contributed by atoms with E-state index < -0.39 is 0 Å². The van der Waals surface area contributed by atoms with Crippen LogP contribution in [0.1, 0.15) is 30.7 Å². The Balaban J connectivity index is 1.84. The number of pyridine rings is 1. The van der Waals surface area contributed by atoms with Crippen molar-refractivity contribution in [3.05, 3.63) is 59.4 Å². The lowest BCUT2D eigenvalue weighted by atomic mass is 10.1. The standard InChI is InChI=1S/C18H24N2O/c1-14(2)10-19-11-17-8-9-18(12-20-17)21-13-16-7-5-4-6-15(16)3/h4-9,12,14,19H,10-11,13H2,1-3H3. The molecule has 3 heteroatoms. The van der Waals surface area contributed by atoms with Gasteiger partial charge < -0.3 is 10.1 Å². The van der Waals surface area contributed by atoms with Gasteiger partial charge >= 0.3 is 0 Å². The van der Waals surface area contributed by atoms with Crippen molar-refractivity contribution in [2.24, 2.45) is 5.92 Å². The fraction of sp³-hybridized carbons (Fsp3) is 0.389. The molecule has 0 radical (unpaired) electrons. The highest BCUT2D eigenvalue weighted by Gasteiger charge is 2.01. The summed E-state index contributed by atoms with van der Waals surface area (Å²) in [4.78, 5) is 4.42. The van der Waals surface area contributed by atoms with Gasteiger partial charge in [-0.2, -0.15) is 0 Å². The van der Waals surface area contributed by atoms with Gasteiger partial charge in [-0.25, -0.2) is 0 Å². The number of hydrogen-bond acceptors (Lipinski definition) is 3. The van der Waals surface area contributed by atoms with Crippen molar-refractivity contribution in [1.29, 1.82) is 0 Å². The summed E-state index contributed by atoms with van der Waals surface area (Å²) in [6.45, 7) is 8.88. The van der Waals surface area contributed by atoms with Gasteiger partial charge in [0.1, 0.15) is 12.4 Å². The van der Waals surface area contributed by atoms with E-state index in [2.05, 4.69) is 43.2 Å². The third kappa shape index (κ3) is 5.20. The number of rotatable bonds is 7. The molecule has 0 spiro atoms. The smallest absolute Gasteiger partial charge is 0.138 e. The van der Waals surface area contributed by atoms with Crippen LogP contribution in [0.3, 0.4) is 0 Å². The minimum atomic E-state index is 0.583. The molecule has 0 atom stereocenters. The first-order valence-electron chi connectivity index (χ1n) is 7.48. The number of nitrogens with zero attached hydrogens (tertiary/aromatic N) is 1. The Labute approximate surface area is 127 Å². The minimum Gasteiger partial charge on any atom is -0.487 e. The second-order valence-electron chi connectivity index (χ2n) is 5.73. The summed E-state index contributed by atoms with van der Waals surface area (Å²) in [7, 11) is 0. The molecule has 0 aliphatic rings. The van der Waals surface area contributed by atoms with Crippen LogP contribution in [0, 0.1) is 12.8 Å². The molecule has 0 unspecified atom stereocenters. The Morgan fingerprint density at radius 3 is 2.62 bits per heavy atom. The molecule has 0 aliphatic carbocycles. The zero-order valence-corrected chi connectivity index (χ0v) is 13.1. The van der Waals surface area contributed by atoms with E-state index in [0.717, 1.165) is 24.5 Å². The molecule has 1 aromatic heterocycles. The van der Waals surface area contributed by atoms with Crippen molar-refractivity contribution >= 4 is 0 Å². The summed E-state index contributed by atoms with van der Waals surface area (Å²) >= 11 is 0. The van der Waals surface area contributed by atoms with Gasteiger partial charge in [0.05, 0.1) is 11.9 Å².